The van der Waals surface area contributed by atoms with Crippen molar-refractivity contribution < 1.29 is 0 Å². The van der Waals surface area contributed by atoms with Gasteiger partial charge in [0, 0.05) is 20.0 Å². The Morgan fingerprint density at radius 1 is 1.37 bits per heavy atom. The highest BCUT2D eigenvalue weighted by molar-refractivity contribution is 5.55. The quantitative estimate of drug-likeness (QED) is 0.868. The van der Waals surface area contributed by atoms with Gasteiger partial charge in [0.25, 0.3) is 0 Å². The number of rotatable bonds is 4. The molecular weight excluding hydrogens is 242 g/mol. The molecule has 0 aliphatic heterocycles. The number of aryl methyl sites for hydroxylation is 2. The van der Waals surface area contributed by atoms with E-state index in [9.17, 15) is 0 Å². The molecule has 2 heterocycles. The molecule has 0 spiro atoms. The maximum absolute atomic E-state index is 9.16. The van der Waals surface area contributed by atoms with E-state index < -0.39 is 0 Å². The van der Waals surface area contributed by atoms with E-state index in [1.54, 1.807) is 11.0 Å². The van der Waals surface area contributed by atoms with Gasteiger partial charge in [-0.3, -0.25) is 4.68 Å². The van der Waals surface area contributed by atoms with Gasteiger partial charge in [-0.2, -0.15) is 15.5 Å². The van der Waals surface area contributed by atoms with E-state index in [2.05, 4.69) is 31.7 Å². The maximum Gasteiger partial charge on any atom is 0.166 e. The van der Waals surface area contributed by atoms with E-state index in [4.69, 9.17) is 5.26 Å². The number of nitrogens with one attached hydrogen (secondary N) is 1. The van der Waals surface area contributed by atoms with Crippen molar-refractivity contribution in [2.24, 2.45) is 7.05 Å². The van der Waals surface area contributed by atoms with E-state index in [0.717, 1.165) is 17.1 Å². The van der Waals surface area contributed by atoms with Crippen molar-refractivity contribution in [3.8, 4) is 6.07 Å². The third kappa shape index (κ3) is 2.85. The molecule has 2 aromatic rings. The minimum atomic E-state index is 0.515. The summed E-state index contributed by atoms with van der Waals surface area (Å²) in [6, 6.07) is 2.16. The number of hydrogen-bond donors (Lipinski definition) is 1. The molecule has 0 fully saturated rings. The molecule has 0 aliphatic carbocycles. The second-order valence-corrected chi connectivity index (χ2v) is 4.26. The van der Waals surface area contributed by atoms with Crippen LogP contribution in [-0.2, 0) is 13.5 Å². The summed E-state index contributed by atoms with van der Waals surface area (Å²) in [5.74, 6) is 1.27. The van der Waals surface area contributed by atoms with Gasteiger partial charge in [0.1, 0.15) is 18.0 Å². The fourth-order valence-corrected chi connectivity index (χ4v) is 1.66. The van der Waals surface area contributed by atoms with Crippen molar-refractivity contribution in [3.05, 3.63) is 29.0 Å². The highest BCUT2D eigenvalue weighted by Crippen LogP contribution is 2.16. The van der Waals surface area contributed by atoms with E-state index in [-0.39, 0.29) is 0 Å². The molecule has 0 aliphatic rings. The van der Waals surface area contributed by atoms with Gasteiger partial charge < -0.3 is 5.32 Å². The minimum Gasteiger partial charge on any atom is -0.367 e. The molecular formula is C12H15N7. The Morgan fingerprint density at radius 3 is 2.79 bits per heavy atom. The van der Waals surface area contributed by atoms with E-state index in [0.29, 0.717) is 24.3 Å². The van der Waals surface area contributed by atoms with Crippen LogP contribution in [0, 0.1) is 25.2 Å². The van der Waals surface area contributed by atoms with Crippen LogP contribution in [-0.4, -0.2) is 31.5 Å². The van der Waals surface area contributed by atoms with Crippen LogP contribution in [0.5, 0.6) is 0 Å². The Labute approximate surface area is 111 Å². The van der Waals surface area contributed by atoms with Crippen LogP contribution in [0.4, 0.5) is 5.82 Å². The van der Waals surface area contributed by atoms with Crippen molar-refractivity contribution in [2.75, 3.05) is 11.9 Å². The third-order valence-corrected chi connectivity index (χ3v) is 2.85. The van der Waals surface area contributed by atoms with Gasteiger partial charge >= 0.3 is 0 Å². The predicted octanol–water partition coefficient (Wildman–Crippen LogP) is 0.748. The molecule has 0 atom stereocenters. The van der Waals surface area contributed by atoms with Gasteiger partial charge in [0.2, 0.25) is 0 Å². The molecule has 19 heavy (non-hydrogen) atoms. The summed E-state index contributed by atoms with van der Waals surface area (Å²) in [5, 5.41) is 24.5. The van der Waals surface area contributed by atoms with Gasteiger partial charge in [-0.15, -0.1) is 5.10 Å². The minimum absolute atomic E-state index is 0.515. The Kier molecular flexibility index (Phi) is 3.71. The Balaban J connectivity index is 2.04. The van der Waals surface area contributed by atoms with Crippen LogP contribution >= 0.6 is 0 Å². The van der Waals surface area contributed by atoms with Crippen LogP contribution < -0.4 is 5.32 Å². The van der Waals surface area contributed by atoms with E-state index in [1.165, 1.54) is 0 Å². The first-order chi connectivity index (χ1) is 9.11. The predicted molar refractivity (Wildman–Crippen MR) is 69.4 cm³/mol. The lowest BCUT2D eigenvalue weighted by Gasteiger charge is -2.08. The van der Waals surface area contributed by atoms with Gasteiger partial charge in [0.05, 0.1) is 5.69 Å². The monoisotopic (exact) mass is 257 g/mol. The molecule has 0 amide bonds. The molecule has 0 aromatic carbocycles. The second kappa shape index (κ2) is 5.44. The van der Waals surface area contributed by atoms with Crippen molar-refractivity contribution in [2.45, 2.75) is 20.3 Å². The van der Waals surface area contributed by atoms with Crippen molar-refractivity contribution in [1.82, 2.24) is 25.0 Å². The van der Waals surface area contributed by atoms with Crippen LogP contribution in [0.2, 0.25) is 0 Å². The summed E-state index contributed by atoms with van der Waals surface area (Å²) >= 11 is 0. The first kappa shape index (κ1) is 13.0. The van der Waals surface area contributed by atoms with E-state index in [1.807, 2.05) is 20.9 Å². The van der Waals surface area contributed by atoms with Crippen molar-refractivity contribution in [3.63, 3.8) is 0 Å². The molecule has 1 N–H and O–H groups in total. The van der Waals surface area contributed by atoms with Crippen LogP contribution in [0.25, 0.3) is 0 Å². The SMILES string of the molecule is Cc1nnc(NCCc2ncn(C)n2)c(C#N)c1C. The topological polar surface area (TPSA) is 92.3 Å². The molecule has 0 radical (unpaired) electrons. The number of nitriles is 1. The summed E-state index contributed by atoms with van der Waals surface area (Å²) in [6.45, 7) is 4.31. The lowest BCUT2D eigenvalue weighted by Crippen LogP contribution is -2.11. The van der Waals surface area contributed by atoms with Crippen molar-refractivity contribution in [1.29, 1.82) is 5.26 Å². The zero-order valence-corrected chi connectivity index (χ0v) is 11.2. The molecule has 7 heteroatoms. The summed E-state index contributed by atoms with van der Waals surface area (Å²) in [5.41, 5.74) is 2.17. The molecule has 2 aromatic heterocycles. The Hall–Kier alpha value is -2.49. The standard InChI is InChI=1S/C12H15N7/c1-8-9(2)16-17-12(10(8)6-13)14-5-4-11-15-7-19(3)18-11/h7H,4-5H2,1-3H3,(H,14,17). The van der Waals surface area contributed by atoms with Gasteiger partial charge in [-0.25, -0.2) is 4.98 Å². The zero-order chi connectivity index (χ0) is 13.8. The second-order valence-electron chi connectivity index (χ2n) is 4.26. The number of anilines is 1. The first-order valence-corrected chi connectivity index (χ1v) is 5.94. The number of nitrogens with zero attached hydrogens (tertiary/aromatic N) is 6. The fraction of sp³-hybridized carbons (Fsp3) is 0.417. The molecule has 2 rings (SSSR count). The zero-order valence-electron chi connectivity index (χ0n) is 11.2. The summed E-state index contributed by atoms with van der Waals surface area (Å²) < 4.78 is 1.66. The highest BCUT2D eigenvalue weighted by atomic mass is 15.3. The normalized spacial score (nSPS) is 10.2. The molecule has 98 valence electrons. The van der Waals surface area contributed by atoms with Crippen LogP contribution in [0.3, 0.4) is 0 Å². The third-order valence-electron chi connectivity index (χ3n) is 2.85. The molecule has 7 nitrogen and oxygen atoms in total. The average Bonchev–Trinajstić information content (AvgIpc) is 2.80. The molecule has 0 unspecified atom stereocenters. The van der Waals surface area contributed by atoms with Crippen molar-refractivity contribution >= 4 is 5.82 Å². The maximum atomic E-state index is 9.16. The summed E-state index contributed by atoms with van der Waals surface area (Å²) in [7, 11) is 1.83. The lowest BCUT2D eigenvalue weighted by atomic mass is 10.1. The van der Waals surface area contributed by atoms with Gasteiger partial charge in [0.15, 0.2) is 11.6 Å². The first-order valence-electron chi connectivity index (χ1n) is 5.94. The number of aromatic nitrogens is 5. The highest BCUT2D eigenvalue weighted by Gasteiger charge is 2.10. The molecule has 0 saturated carbocycles. The summed E-state index contributed by atoms with van der Waals surface area (Å²) in [6.07, 6.45) is 2.33. The average molecular weight is 257 g/mol. The Morgan fingerprint density at radius 2 is 2.16 bits per heavy atom. The van der Waals surface area contributed by atoms with Gasteiger partial charge in [-0.1, -0.05) is 0 Å². The van der Waals surface area contributed by atoms with E-state index >= 15 is 0 Å². The smallest absolute Gasteiger partial charge is 0.166 e. The lowest BCUT2D eigenvalue weighted by molar-refractivity contribution is 0.741. The number of hydrogen-bond acceptors (Lipinski definition) is 6. The van der Waals surface area contributed by atoms with Gasteiger partial charge in [-0.05, 0) is 19.4 Å². The summed E-state index contributed by atoms with van der Waals surface area (Å²) in [4.78, 5) is 4.13. The molecule has 0 bridgehead atoms. The Bertz CT molecular complexity index is 623. The molecule has 0 saturated heterocycles. The van der Waals surface area contributed by atoms with Crippen LogP contribution in [0.1, 0.15) is 22.6 Å². The fourth-order valence-electron chi connectivity index (χ4n) is 1.66. The largest absolute Gasteiger partial charge is 0.367 e. The van der Waals surface area contributed by atoms with Crippen LogP contribution in [0.15, 0.2) is 6.33 Å².